The van der Waals surface area contributed by atoms with E-state index in [-0.39, 0.29) is 24.5 Å². The molecule has 190 valence electrons. The van der Waals surface area contributed by atoms with Gasteiger partial charge in [0, 0.05) is 26.9 Å². The predicted octanol–water partition coefficient (Wildman–Crippen LogP) is 1.59. The van der Waals surface area contributed by atoms with Gasteiger partial charge in [-0.3, -0.25) is 19.2 Å². The Morgan fingerprint density at radius 3 is 1.25 bits per heavy atom. The predicted molar refractivity (Wildman–Crippen MR) is 136 cm³/mol. The first-order valence-corrected chi connectivity index (χ1v) is 11.0. The average molecular weight is 495 g/mol. The van der Waals surface area contributed by atoms with Crippen LogP contribution in [0.2, 0.25) is 0 Å². The van der Waals surface area contributed by atoms with Crippen LogP contribution in [-0.4, -0.2) is 50.9 Å². The van der Waals surface area contributed by atoms with Crippen LogP contribution in [0, 0.1) is 0 Å². The van der Waals surface area contributed by atoms with Crippen molar-refractivity contribution in [3.63, 3.8) is 0 Å². The molecule has 36 heavy (non-hydrogen) atoms. The standard InChI is InChI=1S/C26H30N4O6/c1-17(31)29-23(15-19-5-9-21(35-3)10-6-19)25(33)27-13-14-28-26(34)24(30-18(2)32)16-20-7-11-22(36-4)12-8-20/h5-12,15-16H,13-14H2,1-4H3,(H,27,33)(H,28,34)(H,29,31)(H,30,32)/b23-15+,24-16+. The number of rotatable bonds is 11. The molecule has 2 rings (SSSR count). The van der Waals surface area contributed by atoms with Crippen molar-refractivity contribution in [1.82, 2.24) is 21.3 Å². The van der Waals surface area contributed by atoms with Gasteiger partial charge in [-0.25, -0.2) is 0 Å². The molecule has 0 heterocycles. The highest BCUT2D eigenvalue weighted by Crippen LogP contribution is 2.14. The molecule has 0 spiro atoms. The van der Waals surface area contributed by atoms with Gasteiger partial charge in [-0.05, 0) is 47.5 Å². The van der Waals surface area contributed by atoms with E-state index in [1.807, 2.05) is 0 Å². The van der Waals surface area contributed by atoms with Crippen molar-refractivity contribution in [3.05, 3.63) is 71.1 Å². The van der Waals surface area contributed by atoms with Gasteiger partial charge in [-0.15, -0.1) is 0 Å². The minimum atomic E-state index is -0.522. The number of ether oxygens (including phenoxy) is 2. The molecule has 0 saturated carbocycles. The zero-order valence-electron chi connectivity index (χ0n) is 20.6. The largest absolute Gasteiger partial charge is 0.497 e. The maximum atomic E-state index is 12.6. The molecule has 0 aliphatic heterocycles. The van der Waals surface area contributed by atoms with Crippen LogP contribution >= 0.6 is 0 Å². The number of hydrogen-bond acceptors (Lipinski definition) is 6. The zero-order chi connectivity index (χ0) is 26.5. The normalized spacial score (nSPS) is 11.2. The third-order valence-electron chi connectivity index (χ3n) is 4.66. The van der Waals surface area contributed by atoms with Crippen molar-refractivity contribution in [1.29, 1.82) is 0 Å². The minimum absolute atomic E-state index is 0.0531. The number of methoxy groups -OCH3 is 2. The lowest BCUT2D eigenvalue weighted by molar-refractivity contribution is -0.122. The fourth-order valence-corrected chi connectivity index (χ4v) is 2.97. The van der Waals surface area contributed by atoms with Gasteiger partial charge < -0.3 is 30.7 Å². The van der Waals surface area contributed by atoms with Crippen molar-refractivity contribution in [3.8, 4) is 11.5 Å². The molecule has 10 nitrogen and oxygen atoms in total. The van der Waals surface area contributed by atoms with Gasteiger partial charge in [-0.1, -0.05) is 24.3 Å². The van der Waals surface area contributed by atoms with E-state index in [0.717, 1.165) is 0 Å². The molecular formula is C26H30N4O6. The summed E-state index contributed by atoms with van der Waals surface area (Å²) in [7, 11) is 3.10. The molecule has 0 radical (unpaired) electrons. The SMILES string of the molecule is COc1ccc(/C=C(/NC(C)=O)C(=O)NCCNC(=O)/C(=C\c2ccc(OC)cc2)NC(C)=O)cc1. The van der Waals surface area contributed by atoms with Gasteiger partial charge in [0.05, 0.1) is 14.2 Å². The zero-order valence-corrected chi connectivity index (χ0v) is 20.6. The molecular weight excluding hydrogens is 464 g/mol. The maximum Gasteiger partial charge on any atom is 0.267 e. The molecule has 0 aliphatic carbocycles. The Kier molecular flexibility index (Phi) is 10.7. The quantitative estimate of drug-likeness (QED) is 0.277. The van der Waals surface area contributed by atoms with Gasteiger partial charge in [0.25, 0.3) is 11.8 Å². The Hall–Kier alpha value is -4.60. The minimum Gasteiger partial charge on any atom is -0.497 e. The summed E-state index contributed by atoms with van der Waals surface area (Å²) < 4.78 is 10.2. The second kappa shape index (κ2) is 14.0. The van der Waals surface area contributed by atoms with E-state index < -0.39 is 23.6 Å². The van der Waals surface area contributed by atoms with Gasteiger partial charge in [0.1, 0.15) is 22.9 Å². The molecule has 0 aromatic heterocycles. The van der Waals surface area contributed by atoms with Crippen LogP contribution < -0.4 is 30.7 Å². The lowest BCUT2D eigenvalue weighted by atomic mass is 10.1. The first-order chi connectivity index (χ1) is 17.2. The van der Waals surface area contributed by atoms with Crippen LogP contribution in [0.3, 0.4) is 0 Å². The molecule has 0 fully saturated rings. The Balaban J connectivity index is 1.99. The summed E-state index contributed by atoms with van der Waals surface area (Å²) in [5.41, 5.74) is 1.48. The molecule has 0 saturated heterocycles. The van der Waals surface area contributed by atoms with Gasteiger partial charge in [0.2, 0.25) is 11.8 Å². The Bertz CT molecular complexity index is 1050. The van der Waals surface area contributed by atoms with Gasteiger partial charge in [0.15, 0.2) is 0 Å². The van der Waals surface area contributed by atoms with Crippen LogP contribution in [0.15, 0.2) is 59.9 Å². The summed E-state index contributed by atoms with van der Waals surface area (Å²) in [6, 6.07) is 13.9. The first kappa shape index (κ1) is 27.6. The van der Waals surface area contributed by atoms with Crippen molar-refractivity contribution >= 4 is 35.8 Å². The maximum absolute atomic E-state index is 12.6. The van der Waals surface area contributed by atoms with E-state index in [2.05, 4.69) is 21.3 Å². The second-order valence-electron chi connectivity index (χ2n) is 7.54. The summed E-state index contributed by atoms with van der Waals surface area (Å²) in [4.78, 5) is 48.3. The molecule has 4 amide bonds. The third kappa shape index (κ3) is 9.34. The smallest absolute Gasteiger partial charge is 0.267 e. The van der Waals surface area contributed by atoms with E-state index in [0.29, 0.717) is 22.6 Å². The lowest BCUT2D eigenvalue weighted by Crippen LogP contribution is -2.40. The average Bonchev–Trinajstić information content (AvgIpc) is 2.86. The van der Waals surface area contributed by atoms with Crippen LogP contribution in [0.5, 0.6) is 11.5 Å². The number of carbonyl (C=O) groups excluding carboxylic acids is 4. The molecule has 2 aromatic rings. The van der Waals surface area contributed by atoms with E-state index in [1.165, 1.54) is 26.0 Å². The molecule has 10 heteroatoms. The topological polar surface area (TPSA) is 135 Å². The van der Waals surface area contributed by atoms with Crippen LogP contribution in [-0.2, 0) is 19.2 Å². The van der Waals surface area contributed by atoms with Crippen molar-refractivity contribution in [2.45, 2.75) is 13.8 Å². The fraction of sp³-hybridized carbons (Fsp3) is 0.231. The first-order valence-electron chi connectivity index (χ1n) is 11.0. The molecule has 4 N–H and O–H groups in total. The highest BCUT2D eigenvalue weighted by molar-refractivity contribution is 6.02. The number of hydrogen-bond donors (Lipinski definition) is 4. The number of carbonyl (C=O) groups is 4. The summed E-state index contributed by atoms with van der Waals surface area (Å²) in [6.07, 6.45) is 3.06. The third-order valence-corrected chi connectivity index (χ3v) is 4.66. The van der Waals surface area contributed by atoms with Crippen molar-refractivity contribution in [2.24, 2.45) is 0 Å². The molecule has 0 unspecified atom stereocenters. The van der Waals surface area contributed by atoms with Gasteiger partial charge >= 0.3 is 0 Å². The van der Waals surface area contributed by atoms with Crippen LogP contribution in [0.1, 0.15) is 25.0 Å². The van der Waals surface area contributed by atoms with E-state index in [1.54, 1.807) is 62.8 Å². The summed E-state index contributed by atoms with van der Waals surface area (Å²) >= 11 is 0. The highest BCUT2D eigenvalue weighted by Gasteiger charge is 2.13. The Morgan fingerprint density at radius 1 is 0.639 bits per heavy atom. The highest BCUT2D eigenvalue weighted by atomic mass is 16.5. The molecule has 2 aromatic carbocycles. The number of amides is 4. The van der Waals surface area contributed by atoms with Crippen molar-refractivity contribution in [2.75, 3.05) is 27.3 Å². The monoisotopic (exact) mass is 494 g/mol. The summed E-state index contributed by atoms with van der Waals surface area (Å²) in [5, 5.41) is 10.3. The number of benzene rings is 2. The Labute approximate surface area is 209 Å². The summed E-state index contributed by atoms with van der Waals surface area (Å²) in [6.45, 7) is 2.77. The van der Waals surface area contributed by atoms with E-state index in [9.17, 15) is 19.2 Å². The van der Waals surface area contributed by atoms with Gasteiger partial charge in [-0.2, -0.15) is 0 Å². The lowest BCUT2D eigenvalue weighted by Gasteiger charge is -2.12. The molecule has 0 bridgehead atoms. The Morgan fingerprint density at radius 2 is 0.972 bits per heavy atom. The van der Waals surface area contributed by atoms with Crippen molar-refractivity contribution < 1.29 is 28.7 Å². The number of nitrogens with one attached hydrogen (secondary N) is 4. The summed E-state index contributed by atoms with van der Waals surface area (Å²) in [5.74, 6) is -0.526. The van der Waals surface area contributed by atoms with Crippen LogP contribution in [0.25, 0.3) is 12.2 Å². The van der Waals surface area contributed by atoms with E-state index >= 15 is 0 Å². The van der Waals surface area contributed by atoms with Crippen LogP contribution in [0.4, 0.5) is 0 Å². The molecule has 0 atom stereocenters. The van der Waals surface area contributed by atoms with E-state index in [4.69, 9.17) is 9.47 Å². The fourth-order valence-electron chi connectivity index (χ4n) is 2.97. The second-order valence-corrected chi connectivity index (χ2v) is 7.54. The molecule has 0 aliphatic rings.